The molecule has 1 aliphatic rings. The number of amides is 1. The molecule has 162 valence electrons. The lowest BCUT2D eigenvalue weighted by atomic mass is 10.0. The summed E-state index contributed by atoms with van der Waals surface area (Å²) in [5.74, 6) is 1.11. The molecule has 1 aliphatic heterocycles. The van der Waals surface area contributed by atoms with E-state index in [1.807, 2.05) is 12.1 Å². The molecule has 0 radical (unpaired) electrons. The Bertz CT molecular complexity index is 1040. The van der Waals surface area contributed by atoms with Crippen LogP contribution < -0.4 is 10.1 Å². The van der Waals surface area contributed by atoms with Crippen LogP contribution in [0.25, 0.3) is 22.0 Å². The Balaban J connectivity index is 1.53. The highest BCUT2D eigenvalue weighted by molar-refractivity contribution is 5.90. The zero-order chi connectivity index (χ0) is 21.6. The first-order valence-corrected chi connectivity index (χ1v) is 10.7. The van der Waals surface area contributed by atoms with E-state index in [1.54, 1.807) is 13.3 Å². The number of methoxy groups -OCH3 is 1. The molecule has 0 saturated carbocycles. The summed E-state index contributed by atoms with van der Waals surface area (Å²) in [6, 6.07) is 16.7. The second-order valence-electron chi connectivity index (χ2n) is 8.16. The molecule has 0 aliphatic carbocycles. The molecule has 6 heteroatoms. The van der Waals surface area contributed by atoms with Crippen molar-refractivity contribution >= 4 is 16.8 Å². The van der Waals surface area contributed by atoms with Crippen molar-refractivity contribution in [1.82, 2.24) is 15.2 Å². The van der Waals surface area contributed by atoms with Crippen molar-refractivity contribution in [2.24, 2.45) is 5.92 Å². The number of hydrogen-bond donors (Lipinski definition) is 1. The Morgan fingerprint density at radius 1 is 1.16 bits per heavy atom. The van der Waals surface area contributed by atoms with E-state index in [-0.39, 0.29) is 11.8 Å². The number of nitrogens with zero attached hydrogens (tertiary/aromatic N) is 2. The quantitative estimate of drug-likeness (QED) is 0.575. The minimum absolute atomic E-state index is 0.0989. The van der Waals surface area contributed by atoms with Gasteiger partial charge in [0.25, 0.3) is 0 Å². The monoisotopic (exact) mass is 419 g/mol. The maximum atomic E-state index is 11.5. The fourth-order valence-corrected chi connectivity index (χ4v) is 3.87. The van der Waals surface area contributed by atoms with Crippen LogP contribution >= 0.6 is 0 Å². The number of carbonyl (C=O) groups excluding carboxylic acids is 1. The number of ether oxygens (including phenoxy) is 2. The van der Waals surface area contributed by atoms with Crippen molar-refractivity contribution in [3.05, 3.63) is 60.3 Å². The van der Waals surface area contributed by atoms with Gasteiger partial charge in [0.15, 0.2) is 0 Å². The third-order valence-electron chi connectivity index (χ3n) is 5.64. The van der Waals surface area contributed by atoms with Crippen LogP contribution in [0.1, 0.15) is 12.0 Å². The molecular formula is C25H29N3O3. The number of rotatable bonds is 9. The summed E-state index contributed by atoms with van der Waals surface area (Å²) in [6.07, 6.45) is 2.32. The minimum Gasteiger partial charge on any atom is -0.492 e. The van der Waals surface area contributed by atoms with Gasteiger partial charge in [0.05, 0.1) is 18.7 Å². The number of fused-ring (bicyclic) bond motifs is 1. The highest BCUT2D eigenvalue weighted by Crippen LogP contribution is 2.32. The van der Waals surface area contributed by atoms with Crippen molar-refractivity contribution in [2.75, 3.05) is 40.5 Å². The zero-order valence-corrected chi connectivity index (χ0v) is 18.1. The molecule has 2 aromatic carbocycles. The van der Waals surface area contributed by atoms with Gasteiger partial charge < -0.3 is 14.8 Å². The maximum absolute atomic E-state index is 11.5. The Hall–Kier alpha value is -2.96. The van der Waals surface area contributed by atoms with E-state index in [9.17, 15) is 4.79 Å². The minimum atomic E-state index is 0.0989. The summed E-state index contributed by atoms with van der Waals surface area (Å²) in [7, 11) is 3.82. The van der Waals surface area contributed by atoms with Crippen LogP contribution in [-0.2, 0) is 16.1 Å². The predicted octanol–water partition coefficient (Wildman–Crippen LogP) is 3.49. The molecule has 1 N–H and O–H groups in total. The lowest BCUT2D eigenvalue weighted by Gasteiger charge is -2.16. The first-order chi connectivity index (χ1) is 15.1. The van der Waals surface area contributed by atoms with Crippen LogP contribution in [0.2, 0.25) is 0 Å². The van der Waals surface area contributed by atoms with Crippen LogP contribution in [0.4, 0.5) is 0 Å². The summed E-state index contributed by atoms with van der Waals surface area (Å²) < 4.78 is 11.3. The van der Waals surface area contributed by atoms with Gasteiger partial charge in [-0.3, -0.25) is 14.7 Å². The maximum Gasteiger partial charge on any atom is 0.220 e. The van der Waals surface area contributed by atoms with Crippen molar-refractivity contribution in [2.45, 2.75) is 13.0 Å². The Morgan fingerprint density at radius 2 is 2.00 bits per heavy atom. The molecule has 1 amide bonds. The lowest BCUT2D eigenvalue weighted by molar-refractivity contribution is -0.119. The van der Waals surface area contributed by atoms with Gasteiger partial charge in [-0.05, 0) is 48.0 Å². The molecule has 3 aromatic rings. The fraction of sp³-hybridized carbons (Fsp3) is 0.360. The number of hydrogen-bond acceptors (Lipinski definition) is 5. The van der Waals surface area contributed by atoms with Gasteiger partial charge in [0, 0.05) is 50.7 Å². The first-order valence-electron chi connectivity index (χ1n) is 10.7. The number of benzene rings is 2. The fourth-order valence-electron chi connectivity index (χ4n) is 3.87. The summed E-state index contributed by atoms with van der Waals surface area (Å²) in [5, 5.41) is 3.85. The van der Waals surface area contributed by atoms with Gasteiger partial charge in [-0.2, -0.15) is 0 Å². The van der Waals surface area contributed by atoms with E-state index in [0.29, 0.717) is 19.6 Å². The Morgan fingerprint density at radius 3 is 2.74 bits per heavy atom. The molecular weight excluding hydrogens is 390 g/mol. The van der Waals surface area contributed by atoms with E-state index in [2.05, 4.69) is 58.6 Å². The topological polar surface area (TPSA) is 63.7 Å². The van der Waals surface area contributed by atoms with E-state index in [4.69, 9.17) is 9.47 Å². The highest BCUT2D eigenvalue weighted by atomic mass is 16.5. The molecule has 1 unspecified atom stereocenters. The van der Waals surface area contributed by atoms with E-state index in [0.717, 1.165) is 47.5 Å². The largest absolute Gasteiger partial charge is 0.492 e. The van der Waals surface area contributed by atoms with Crippen molar-refractivity contribution < 1.29 is 14.3 Å². The molecule has 0 spiro atoms. The average Bonchev–Trinajstić information content (AvgIpc) is 3.21. The van der Waals surface area contributed by atoms with Crippen LogP contribution in [0.3, 0.4) is 0 Å². The molecule has 1 aromatic heterocycles. The van der Waals surface area contributed by atoms with Gasteiger partial charge in [-0.1, -0.05) is 24.3 Å². The molecule has 4 rings (SSSR count). The van der Waals surface area contributed by atoms with Crippen LogP contribution in [0.5, 0.6) is 5.75 Å². The van der Waals surface area contributed by atoms with Crippen LogP contribution in [-0.4, -0.2) is 56.3 Å². The summed E-state index contributed by atoms with van der Waals surface area (Å²) in [4.78, 5) is 18.3. The number of pyridine rings is 1. The second-order valence-corrected chi connectivity index (χ2v) is 8.16. The normalized spacial score (nSPS) is 16.1. The average molecular weight is 420 g/mol. The standard InChI is InChI=1S/C25H29N3O3/c1-28(10-11-30-2)16-18-5-7-20(8-6-18)21-13-23-22(4-3-9-26-23)24(14-21)31-17-19-12-25(29)27-15-19/h3-9,13-14,19H,10-12,15-17H2,1-2H3,(H,27,29). The van der Waals surface area contributed by atoms with Gasteiger partial charge in [-0.15, -0.1) is 0 Å². The van der Waals surface area contributed by atoms with Crippen molar-refractivity contribution in [3.8, 4) is 16.9 Å². The van der Waals surface area contributed by atoms with Gasteiger partial charge in [0.2, 0.25) is 5.91 Å². The molecule has 1 saturated heterocycles. The van der Waals surface area contributed by atoms with E-state index in [1.165, 1.54) is 5.56 Å². The third kappa shape index (κ3) is 5.40. The number of carbonyl (C=O) groups is 1. The van der Waals surface area contributed by atoms with Crippen LogP contribution in [0.15, 0.2) is 54.7 Å². The first kappa shape index (κ1) is 21.3. The summed E-state index contributed by atoms with van der Waals surface area (Å²) >= 11 is 0. The molecule has 1 fully saturated rings. The molecule has 6 nitrogen and oxygen atoms in total. The second kappa shape index (κ2) is 9.90. The zero-order valence-electron chi connectivity index (χ0n) is 18.1. The molecule has 1 atom stereocenters. The van der Waals surface area contributed by atoms with E-state index >= 15 is 0 Å². The van der Waals surface area contributed by atoms with Crippen LogP contribution in [0, 0.1) is 5.92 Å². The van der Waals surface area contributed by atoms with E-state index < -0.39 is 0 Å². The lowest BCUT2D eigenvalue weighted by Crippen LogP contribution is -2.22. The molecule has 0 bridgehead atoms. The predicted molar refractivity (Wildman–Crippen MR) is 122 cm³/mol. The third-order valence-corrected chi connectivity index (χ3v) is 5.64. The van der Waals surface area contributed by atoms with Gasteiger partial charge >= 0.3 is 0 Å². The molecule has 2 heterocycles. The Kier molecular flexibility index (Phi) is 6.79. The number of likely N-dealkylation sites (N-methyl/N-ethyl adjacent to an activating group) is 1. The smallest absolute Gasteiger partial charge is 0.220 e. The number of aromatic nitrogens is 1. The highest BCUT2D eigenvalue weighted by Gasteiger charge is 2.22. The van der Waals surface area contributed by atoms with Gasteiger partial charge in [-0.25, -0.2) is 0 Å². The summed E-state index contributed by atoms with van der Waals surface area (Å²) in [5.41, 5.74) is 4.36. The Labute approximate surface area is 183 Å². The number of nitrogens with one attached hydrogen (secondary N) is 1. The molecule has 31 heavy (non-hydrogen) atoms. The van der Waals surface area contributed by atoms with Gasteiger partial charge in [0.1, 0.15) is 5.75 Å². The van der Waals surface area contributed by atoms with Crippen molar-refractivity contribution in [3.63, 3.8) is 0 Å². The SMILES string of the molecule is COCCN(C)Cc1ccc(-c2cc(OCC3CNC(=O)C3)c3cccnc3c2)cc1. The summed E-state index contributed by atoms with van der Waals surface area (Å²) in [6.45, 7) is 3.70. The van der Waals surface area contributed by atoms with Crippen molar-refractivity contribution in [1.29, 1.82) is 0 Å².